The number of hydrogen-bond donors (Lipinski definition) is 0. The number of rotatable bonds is 0. The number of benzene rings is 1. The standard InChI is InChI=1S/C10H3ClF5N/c11-5-3-7(10(14,15)16)17-9-4(5)1-2-6(12)8(9)13/h1-3H. The summed E-state index contributed by atoms with van der Waals surface area (Å²) in [6, 6.07) is 2.42. The molecular weight excluding hydrogens is 265 g/mol. The molecule has 0 aliphatic carbocycles. The van der Waals surface area contributed by atoms with Gasteiger partial charge in [0.1, 0.15) is 11.2 Å². The molecule has 1 aromatic carbocycles. The van der Waals surface area contributed by atoms with Gasteiger partial charge in [-0.3, -0.25) is 0 Å². The Hall–Kier alpha value is -1.43. The van der Waals surface area contributed by atoms with Crippen LogP contribution in [0.3, 0.4) is 0 Å². The van der Waals surface area contributed by atoms with Gasteiger partial charge in [0.25, 0.3) is 0 Å². The molecule has 0 aliphatic heterocycles. The van der Waals surface area contributed by atoms with E-state index in [9.17, 15) is 22.0 Å². The minimum atomic E-state index is -4.77. The zero-order valence-electron chi connectivity index (χ0n) is 7.95. The van der Waals surface area contributed by atoms with Gasteiger partial charge in [-0.15, -0.1) is 0 Å². The highest BCUT2D eigenvalue weighted by Gasteiger charge is 2.33. The molecule has 0 bridgehead atoms. The van der Waals surface area contributed by atoms with Gasteiger partial charge in [-0.25, -0.2) is 13.8 Å². The Morgan fingerprint density at radius 3 is 2.35 bits per heavy atom. The lowest BCUT2D eigenvalue weighted by molar-refractivity contribution is -0.140. The summed E-state index contributed by atoms with van der Waals surface area (Å²) in [5.74, 6) is -2.73. The molecule has 0 aliphatic rings. The molecule has 1 nitrogen and oxygen atoms in total. The van der Waals surface area contributed by atoms with E-state index in [0.29, 0.717) is 6.07 Å². The highest BCUT2D eigenvalue weighted by molar-refractivity contribution is 6.35. The third-order valence-corrected chi connectivity index (χ3v) is 2.43. The lowest BCUT2D eigenvalue weighted by Crippen LogP contribution is -2.08. The molecule has 0 amide bonds. The molecule has 0 saturated carbocycles. The second kappa shape index (κ2) is 3.80. The number of hydrogen-bond acceptors (Lipinski definition) is 1. The van der Waals surface area contributed by atoms with Crippen LogP contribution in [-0.2, 0) is 6.18 Å². The zero-order valence-corrected chi connectivity index (χ0v) is 8.70. The maximum atomic E-state index is 13.3. The van der Waals surface area contributed by atoms with Crippen LogP contribution in [-0.4, -0.2) is 4.98 Å². The van der Waals surface area contributed by atoms with Gasteiger partial charge >= 0.3 is 6.18 Å². The fourth-order valence-electron chi connectivity index (χ4n) is 1.34. The van der Waals surface area contributed by atoms with Crippen molar-refractivity contribution in [2.45, 2.75) is 6.18 Å². The summed E-state index contributed by atoms with van der Waals surface area (Å²) in [6.45, 7) is 0. The van der Waals surface area contributed by atoms with Gasteiger partial charge in [0.15, 0.2) is 11.6 Å². The Balaban J connectivity index is 2.84. The first-order valence-electron chi connectivity index (χ1n) is 4.32. The summed E-state index contributed by atoms with van der Waals surface area (Å²) >= 11 is 5.56. The lowest BCUT2D eigenvalue weighted by atomic mass is 10.2. The molecule has 1 aromatic heterocycles. The second-order valence-corrected chi connectivity index (χ2v) is 3.65. The third kappa shape index (κ3) is 2.04. The third-order valence-electron chi connectivity index (χ3n) is 2.11. The number of pyridine rings is 1. The van der Waals surface area contributed by atoms with Crippen molar-refractivity contribution in [2.24, 2.45) is 0 Å². The summed E-state index contributed by atoms with van der Waals surface area (Å²) in [5.41, 5.74) is -2.09. The molecule has 0 N–H and O–H groups in total. The topological polar surface area (TPSA) is 12.9 Å². The molecule has 2 aromatic rings. The first-order valence-corrected chi connectivity index (χ1v) is 4.70. The Morgan fingerprint density at radius 1 is 1.12 bits per heavy atom. The lowest BCUT2D eigenvalue weighted by Gasteiger charge is -2.09. The van der Waals surface area contributed by atoms with Crippen molar-refractivity contribution in [3.8, 4) is 0 Å². The van der Waals surface area contributed by atoms with E-state index in [1.807, 2.05) is 0 Å². The van der Waals surface area contributed by atoms with Crippen molar-refractivity contribution in [1.29, 1.82) is 0 Å². The Kier molecular flexibility index (Phi) is 2.69. The molecule has 0 saturated heterocycles. The van der Waals surface area contributed by atoms with Gasteiger partial charge in [-0.1, -0.05) is 11.6 Å². The highest BCUT2D eigenvalue weighted by atomic mass is 35.5. The predicted octanol–water partition coefficient (Wildman–Crippen LogP) is 4.19. The quantitative estimate of drug-likeness (QED) is 0.652. The number of nitrogens with zero attached hydrogens (tertiary/aromatic N) is 1. The molecule has 0 radical (unpaired) electrons. The summed E-state index contributed by atoms with van der Waals surface area (Å²) < 4.78 is 63.3. The van der Waals surface area contributed by atoms with Gasteiger partial charge in [0.2, 0.25) is 0 Å². The predicted molar refractivity (Wildman–Crippen MR) is 51.7 cm³/mol. The number of aromatic nitrogens is 1. The van der Waals surface area contributed by atoms with Gasteiger partial charge in [0, 0.05) is 5.39 Å². The van der Waals surface area contributed by atoms with Crippen molar-refractivity contribution in [3.05, 3.63) is 40.6 Å². The van der Waals surface area contributed by atoms with E-state index < -0.39 is 29.0 Å². The fraction of sp³-hybridized carbons (Fsp3) is 0.100. The average Bonchev–Trinajstić information content (AvgIpc) is 2.22. The molecule has 0 unspecified atom stereocenters. The van der Waals surface area contributed by atoms with E-state index in [1.54, 1.807) is 0 Å². The number of alkyl halides is 3. The van der Waals surface area contributed by atoms with Crippen LogP contribution in [0.4, 0.5) is 22.0 Å². The minimum absolute atomic E-state index is 0.0708. The maximum Gasteiger partial charge on any atom is 0.433 e. The Bertz CT molecular complexity index is 593. The normalized spacial score (nSPS) is 12.1. The van der Waals surface area contributed by atoms with Crippen LogP contribution in [0.25, 0.3) is 10.9 Å². The van der Waals surface area contributed by atoms with E-state index in [4.69, 9.17) is 11.6 Å². The average molecular weight is 268 g/mol. The van der Waals surface area contributed by atoms with Crippen molar-refractivity contribution in [3.63, 3.8) is 0 Å². The summed E-state index contributed by atoms with van der Waals surface area (Å²) in [4.78, 5) is 3.04. The molecule has 17 heavy (non-hydrogen) atoms. The molecule has 7 heteroatoms. The van der Waals surface area contributed by atoms with Crippen molar-refractivity contribution in [2.75, 3.05) is 0 Å². The Labute approximate surface area is 96.8 Å². The first kappa shape index (κ1) is 12.0. The van der Waals surface area contributed by atoms with E-state index in [1.165, 1.54) is 0 Å². The van der Waals surface area contributed by atoms with Crippen LogP contribution in [0.2, 0.25) is 5.02 Å². The van der Waals surface area contributed by atoms with E-state index in [0.717, 1.165) is 12.1 Å². The first-order chi connectivity index (χ1) is 7.80. The zero-order chi connectivity index (χ0) is 12.8. The fourth-order valence-corrected chi connectivity index (χ4v) is 1.59. The minimum Gasteiger partial charge on any atom is -0.240 e. The van der Waals surface area contributed by atoms with Crippen LogP contribution in [0.1, 0.15) is 5.69 Å². The number of fused-ring (bicyclic) bond motifs is 1. The monoisotopic (exact) mass is 267 g/mol. The summed E-state index contributed by atoms with van der Waals surface area (Å²) in [6.07, 6.45) is -4.77. The van der Waals surface area contributed by atoms with Crippen LogP contribution < -0.4 is 0 Å². The molecule has 90 valence electrons. The molecule has 2 rings (SSSR count). The van der Waals surface area contributed by atoms with Crippen molar-refractivity contribution < 1.29 is 22.0 Å². The number of halogens is 6. The second-order valence-electron chi connectivity index (χ2n) is 3.24. The van der Waals surface area contributed by atoms with Gasteiger partial charge in [0.05, 0.1) is 5.02 Å². The largest absolute Gasteiger partial charge is 0.433 e. The van der Waals surface area contributed by atoms with Gasteiger partial charge < -0.3 is 0 Å². The Morgan fingerprint density at radius 2 is 1.76 bits per heavy atom. The smallest absolute Gasteiger partial charge is 0.240 e. The van der Waals surface area contributed by atoms with Crippen LogP contribution in [0.5, 0.6) is 0 Å². The van der Waals surface area contributed by atoms with Crippen molar-refractivity contribution >= 4 is 22.5 Å². The van der Waals surface area contributed by atoms with Crippen molar-refractivity contribution in [1.82, 2.24) is 4.98 Å². The molecular formula is C10H3ClF5N. The molecule has 0 spiro atoms. The molecule has 0 atom stereocenters. The summed E-state index contributed by atoms with van der Waals surface area (Å²) in [5, 5.41) is -0.403. The molecule has 0 fully saturated rings. The summed E-state index contributed by atoms with van der Waals surface area (Å²) in [7, 11) is 0. The SMILES string of the molecule is Fc1ccc2c(Cl)cc(C(F)(F)F)nc2c1F. The van der Waals surface area contributed by atoms with E-state index in [2.05, 4.69) is 4.98 Å². The van der Waals surface area contributed by atoms with Gasteiger partial charge in [-0.05, 0) is 18.2 Å². The van der Waals surface area contributed by atoms with Crippen LogP contribution >= 0.6 is 11.6 Å². The highest BCUT2D eigenvalue weighted by Crippen LogP contribution is 2.33. The van der Waals surface area contributed by atoms with Gasteiger partial charge in [-0.2, -0.15) is 13.2 Å². The molecule has 1 heterocycles. The van der Waals surface area contributed by atoms with Crippen LogP contribution in [0, 0.1) is 11.6 Å². The van der Waals surface area contributed by atoms with E-state index >= 15 is 0 Å². The maximum absolute atomic E-state index is 13.3. The van der Waals surface area contributed by atoms with E-state index in [-0.39, 0.29) is 10.4 Å². The van der Waals surface area contributed by atoms with Crippen LogP contribution in [0.15, 0.2) is 18.2 Å².